The van der Waals surface area contributed by atoms with Crippen LogP contribution in [-0.4, -0.2) is 42.4 Å². The van der Waals surface area contributed by atoms with Gasteiger partial charge in [0.15, 0.2) is 16.7 Å². The molecule has 8 nitrogen and oxygen atoms in total. The number of nitrogens with one attached hydrogen (secondary N) is 2. The molecule has 2 unspecified atom stereocenters. The Labute approximate surface area is 221 Å². The van der Waals surface area contributed by atoms with Gasteiger partial charge in [-0.1, -0.05) is 45.4 Å². The Morgan fingerprint density at radius 3 is 2.59 bits per heavy atom. The van der Waals surface area contributed by atoms with E-state index in [-0.39, 0.29) is 17.6 Å². The highest BCUT2D eigenvalue weighted by molar-refractivity contribution is 7.86. The van der Waals surface area contributed by atoms with Crippen molar-refractivity contribution >= 4 is 39.4 Å². The van der Waals surface area contributed by atoms with Gasteiger partial charge in [-0.25, -0.2) is 23.0 Å². The molecule has 0 aliphatic heterocycles. The first-order chi connectivity index (χ1) is 17.8. The predicted octanol–water partition coefficient (Wildman–Crippen LogP) is 6.70. The second-order valence-corrected chi connectivity index (χ2v) is 9.45. The first-order valence-electron chi connectivity index (χ1n) is 11.8. The maximum absolute atomic E-state index is 13.3. The van der Waals surface area contributed by atoms with E-state index in [9.17, 15) is 13.0 Å². The van der Waals surface area contributed by atoms with Gasteiger partial charge in [0.2, 0.25) is 5.95 Å². The van der Waals surface area contributed by atoms with E-state index in [0.29, 0.717) is 44.2 Å². The number of ether oxygens (including phenoxy) is 1. The summed E-state index contributed by atoms with van der Waals surface area (Å²) >= 11 is 6.46. The lowest BCUT2D eigenvalue weighted by molar-refractivity contribution is 0.0804. The minimum Gasteiger partial charge on any atom is -0.484 e. The second kappa shape index (κ2) is 12.9. The highest BCUT2D eigenvalue weighted by Gasteiger charge is 2.21. The molecule has 0 bridgehead atoms. The van der Waals surface area contributed by atoms with Crippen molar-refractivity contribution in [3.05, 3.63) is 53.2 Å². The van der Waals surface area contributed by atoms with Crippen molar-refractivity contribution in [2.75, 3.05) is 11.3 Å². The summed E-state index contributed by atoms with van der Waals surface area (Å²) in [4.78, 5) is 12.4. The number of halogens is 3. The molecule has 0 saturated carbocycles. The molecule has 0 fully saturated rings. The monoisotopic (exact) mass is 550 g/mol. The van der Waals surface area contributed by atoms with Crippen LogP contribution < -0.4 is 9.46 Å². The number of benzene rings is 1. The zero-order valence-corrected chi connectivity index (χ0v) is 22.8. The summed E-state index contributed by atoms with van der Waals surface area (Å²) in [5.41, 5.74) is 3.05. The Balaban J connectivity index is 0.00000186. The molecule has 12 heteroatoms. The molecular formula is C25H29ClF2N6O2S. The van der Waals surface area contributed by atoms with Gasteiger partial charge in [0.25, 0.3) is 6.43 Å². The van der Waals surface area contributed by atoms with Crippen molar-refractivity contribution < 1.29 is 17.7 Å². The number of nitrogens with zero attached hydrogens (tertiary/aromatic N) is 4. The summed E-state index contributed by atoms with van der Waals surface area (Å²) in [7, 11) is -1.74. The fourth-order valence-corrected chi connectivity index (χ4v) is 4.81. The topological polar surface area (TPSA) is 106 Å². The number of fused-ring (bicyclic) bond motifs is 1. The van der Waals surface area contributed by atoms with Gasteiger partial charge in [-0.2, -0.15) is 10.2 Å². The largest absolute Gasteiger partial charge is 0.484 e. The number of aromatic amines is 1. The van der Waals surface area contributed by atoms with Crippen LogP contribution in [0.15, 0.2) is 41.7 Å². The third kappa shape index (κ3) is 6.40. The minimum absolute atomic E-state index is 0.0786. The van der Waals surface area contributed by atoms with Crippen LogP contribution in [0.1, 0.15) is 51.4 Å². The first-order valence-corrected chi connectivity index (χ1v) is 13.4. The molecule has 0 aliphatic carbocycles. The van der Waals surface area contributed by atoms with Crippen LogP contribution in [-0.2, 0) is 11.0 Å². The summed E-state index contributed by atoms with van der Waals surface area (Å²) in [6.07, 6.45) is 2.89. The van der Waals surface area contributed by atoms with Crippen LogP contribution >= 0.6 is 11.6 Å². The molecule has 37 heavy (non-hydrogen) atoms. The van der Waals surface area contributed by atoms with Crippen LogP contribution in [0.25, 0.3) is 22.0 Å². The lowest BCUT2D eigenvalue weighted by Gasteiger charge is -2.18. The van der Waals surface area contributed by atoms with Crippen molar-refractivity contribution in [2.24, 2.45) is 0 Å². The van der Waals surface area contributed by atoms with E-state index in [1.807, 2.05) is 27.7 Å². The molecule has 0 amide bonds. The SMILES string of the molecule is CC.CCC(C)c1nc(NS(=O)c2c[nH]c3c(-c4ccnnc4)c(Cl)ccc23)nc(C)c1OCC(F)F. The van der Waals surface area contributed by atoms with E-state index in [1.54, 1.807) is 43.7 Å². The number of rotatable bonds is 9. The summed E-state index contributed by atoms with van der Waals surface area (Å²) in [6, 6.07) is 5.29. The highest BCUT2D eigenvalue weighted by Crippen LogP contribution is 2.37. The molecule has 2 N–H and O–H groups in total. The molecule has 0 saturated heterocycles. The van der Waals surface area contributed by atoms with Gasteiger partial charge in [-0.05, 0) is 25.5 Å². The Morgan fingerprint density at radius 1 is 1.19 bits per heavy atom. The van der Waals surface area contributed by atoms with Gasteiger partial charge in [-0.15, -0.1) is 0 Å². The third-order valence-electron chi connectivity index (χ3n) is 5.52. The van der Waals surface area contributed by atoms with Gasteiger partial charge in [0, 0.05) is 28.6 Å². The molecule has 198 valence electrons. The first kappa shape index (κ1) is 28.4. The zero-order chi connectivity index (χ0) is 27.1. The van der Waals surface area contributed by atoms with Crippen molar-refractivity contribution in [1.82, 2.24) is 25.1 Å². The Hall–Kier alpha value is -3.18. The number of aryl methyl sites for hydroxylation is 1. The number of alkyl halides is 2. The Bertz CT molecular complexity index is 1370. The van der Waals surface area contributed by atoms with Crippen LogP contribution in [0, 0.1) is 6.92 Å². The maximum Gasteiger partial charge on any atom is 0.272 e. The summed E-state index contributed by atoms with van der Waals surface area (Å²) in [6.45, 7) is 8.76. The molecule has 4 aromatic rings. The molecule has 4 rings (SSSR count). The summed E-state index contributed by atoms with van der Waals surface area (Å²) in [5, 5.41) is 8.91. The van der Waals surface area contributed by atoms with Gasteiger partial charge < -0.3 is 9.72 Å². The molecule has 0 spiro atoms. The lowest BCUT2D eigenvalue weighted by Crippen LogP contribution is -2.15. The molecule has 3 aromatic heterocycles. The molecule has 2 atom stereocenters. The van der Waals surface area contributed by atoms with E-state index >= 15 is 0 Å². The maximum atomic E-state index is 13.3. The molecular weight excluding hydrogens is 522 g/mol. The van der Waals surface area contributed by atoms with E-state index < -0.39 is 24.0 Å². The Morgan fingerprint density at radius 2 is 1.95 bits per heavy atom. The smallest absolute Gasteiger partial charge is 0.272 e. The number of H-pyrrole nitrogens is 1. The Kier molecular flexibility index (Phi) is 9.87. The standard InChI is InChI=1S/C23H23ClF2N6O2S.C2H6/c1-4-12(2)20-22(34-11-18(25)26)13(3)30-23(31-20)32-35(33)17-10-27-21-15(17)5-6-16(24)19(21)14-7-8-28-29-9-14;1-2/h5-10,12,18,27H,4,11H2,1-3H3,(H,30,31,32);1-2H3. The number of anilines is 1. The van der Waals surface area contributed by atoms with Gasteiger partial charge in [0.1, 0.15) is 6.61 Å². The van der Waals surface area contributed by atoms with Crippen molar-refractivity contribution in [2.45, 2.75) is 58.3 Å². The minimum atomic E-state index is -2.62. The summed E-state index contributed by atoms with van der Waals surface area (Å²) in [5.74, 6) is 0.265. The fourth-order valence-electron chi connectivity index (χ4n) is 3.64. The molecule has 0 aliphatic rings. The van der Waals surface area contributed by atoms with Gasteiger partial charge >= 0.3 is 0 Å². The zero-order valence-electron chi connectivity index (χ0n) is 21.2. The quantitative estimate of drug-likeness (QED) is 0.240. The van der Waals surface area contributed by atoms with E-state index in [1.165, 1.54) is 0 Å². The van der Waals surface area contributed by atoms with Crippen LogP contribution in [0.4, 0.5) is 14.7 Å². The van der Waals surface area contributed by atoms with Gasteiger partial charge in [0.05, 0.1) is 39.2 Å². The normalized spacial score (nSPS) is 12.7. The van der Waals surface area contributed by atoms with Crippen molar-refractivity contribution in [3.63, 3.8) is 0 Å². The average molecular weight is 551 g/mol. The second-order valence-electron chi connectivity index (χ2n) is 7.86. The van der Waals surface area contributed by atoms with Crippen LogP contribution in [0.5, 0.6) is 5.75 Å². The number of hydrogen-bond acceptors (Lipinski definition) is 6. The summed E-state index contributed by atoms with van der Waals surface area (Å²) < 4.78 is 46.9. The van der Waals surface area contributed by atoms with Crippen molar-refractivity contribution in [1.29, 1.82) is 0 Å². The van der Waals surface area contributed by atoms with E-state index in [2.05, 4.69) is 29.9 Å². The molecule has 0 radical (unpaired) electrons. The van der Waals surface area contributed by atoms with E-state index in [4.69, 9.17) is 16.3 Å². The average Bonchev–Trinajstić information content (AvgIpc) is 3.33. The predicted molar refractivity (Wildman–Crippen MR) is 143 cm³/mol. The van der Waals surface area contributed by atoms with Crippen molar-refractivity contribution in [3.8, 4) is 16.9 Å². The fraction of sp³-hybridized carbons (Fsp3) is 0.360. The highest BCUT2D eigenvalue weighted by atomic mass is 35.5. The third-order valence-corrected chi connectivity index (χ3v) is 6.94. The van der Waals surface area contributed by atoms with E-state index in [0.717, 1.165) is 5.56 Å². The molecule has 3 heterocycles. The van der Waals surface area contributed by atoms with Crippen LogP contribution in [0.3, 0.4) is 0 Å². The molecule has 1 aromatic carbocycles. The number of aromatic nitrogens is 5. The number of hydrogen-bond donors (Lipinski definition) is 2. The van der Waals surface area contributed by atoms with Gasteiger partial charge in [-0.3, -0.25) is 4.72 Å². The van der Waals surface area contributed by atoms with Crippen LogP contribution in [0.2, 0.25) is 5.02 Å². The lowest BCUT2D eigenvalue weighted by atomic mass is 10.0.